The Morgan fingerprint density at radius 1 is 1.36 bits per heavy atom. The standard InChI is InChI=1S/C8H12S.C2H6/c1-7(2)6-8-4-3-5-9-8;1-2/h3-5,7H,6H2,1-2H3;1-2H3. The first kappa shape index (κ1) is 10.7. The van der Waals surface area contributed by atoms with Gasteiger partial charge in [0.25, 0.3) is 0 Å². The molecule has 0 nitrogen and oxygen atoms in total. The summed E-state index contributed by atoms with van der Waals surface area (Å²) in [5, 5.41) is 2.14. The molecule has 0 saturated heterocycles. The van der Waals surface area contributed by atoms with Gasteiger partial charge in [0, 0.05) is 4.88 Å². The predicted molar refractivity (Wildman–Crippen MR) is 54.2 cm³/mol. The number of thiophene rings is 1. The summed E-state index contributed by atoms with van der Waals surface area (Å²) in [5.41, 5.74) is 0. The summed E-state index contributed by atoms with van der Waals surface area (Å²) in [6.07, 6.45) is 1.23. The van der Waals surface area contributed by atoms with Gasteiger partial charge in [-0.15, -0.1) is 11.3 Å². The quantitative estimate of drug-likeness (QED) is 0.630. The van der Waals surface area contributed by atoms with Gasteiger partial charge in [0.1, 0.15) is 0 Å². The Labute approximate surface area is 74.3 Å². The van der Waals surface area contributed by atoms with Crippen LogP contribution in [0.4, 0.5) is 0 Å². The summed E-state index contributed by atoms with van der Waals surface area (Å²) in [6, 6.07) is 4.31. The van der Waals surface area contributed by atoms with Crippen molar-refractivity contribution < 1.29 is 0 Å². The van der Waals surface area contributed by atoms with Crippen LogP contribution >= 0.6 is 11.3 Å². The second-order valence-electron chi connectivity index (χ2n) is 2.68. The fourth-order valence-electron chi connectivity index (χ4n) is 0.831. The van der Waals surface area contributed by atoms with E-state index in [0.717, 1.165) is 5.92 Å². The second-order valence-corrected chi connectivity index (χ2v) is 3.71. The zero-order valence-corrected chi connectivity index (χ0v) is 8.74. The highest BCUT2D eigenvalue weighted by atomic mass is 32.1. The summed E-state index contributed by atoms with van der Waals surface area (Å²) in [6.45, 7) is 8.50. The van der Waals surface area contributed by atoms with Gasteiger partial charge in [-0.25, -0.2) is 0 Å². The highest BCUT2D eigenvalue weighted by Gasteiger charge is 1.95. The molecule has 1 aromatic rings. The fourth-order valence-corrected chi connectivity index (χ4v) is 1.75. The van der Waals surface area contributed by atoms with E-state index >= 15 is 0 Å². The van der Waals surface area contributed by atoms with Crippen molar-refractivity contribution in [2.45, 2.75) is 34.1 Å². The van der Waals surface area contributed by atoms with Gasteiger partial charge >= 0.3 is 0 Å². The van der Waals surface area contributed by atoms with E-state index in [4.69, 9.17) is 0 Å². The van der Waals surface area contributed by atoms with Gasteiger partial charge in [0.05, 0.1) is 0 Å². The van der Waals surface area contributed by atoms with Crippen LogP contribution in [0.25, 0.3) is 0 Å². The lowest BCUT2D eigenvalue weighted by Crippen LogP contribution is -1.89. The molecular weight excluding hydrogens is 152 g/mol. The Kier molecular flexibility index (Phi) is 6.24. The van der Waals surface area contributed by atoms with Gasteiger partial charge < -0.3 is 0 Å². The van der Waals surface area contributed by atoms with Crippen molar-refractivity contribution in [1.82, 2.24) is 0 Å². The molecule has 1 heteroatoms. The van der Waals surface area contributed by atoms with Gasteiger partial charge in [-0.3, -0.25) is 0 Å². The predicted octanol–water partition coefficient (Wildman–Crippen LogP) is 3.97. The average molecular weight is 170 g/mol. The number of rotatable bonds is 2. The topological polar surface area (TPSA) is 0 Å². The van der Waals surface area contributed by atoms with Gasteiger partial charge in [0.2, 0.25) is 0 Å². The fraction of sp³-hybridized carbons (Fsp3) is 0.600. The molecule has 0 aromatic carbocycles. The minimum absolute atomic E-state index is 0.795. The maximum absolute atomic E-state index is 2.25. The third kappa shape index (κ3) is 5.02. The largest absolute Gasteiger partial charge is 0.149 e. The van der Waals surface area contributed by atoms with E-state index in [0.29, 0.717) is 0 Å². The average Bonchev–Trinajstić information content (AvgIpc) is 2.43. The van der Waals surface area contributed by atoms with Crippen LogP contribution in [-0.2, 0) is 6.42 Å². The lowest BCUT2D eigenvalue weighted by molar-refractivity contribution is 0.654. The van der Waals surface area contributed by atoms with Crippen LogP contribution in [0, 0.1) is 5.92 Å². The van der Waals surface area contributed by atoms with Gasteiger partial charge in [-0.05, 0) is 23.8 Å². The first-order valence-corrected chi connectivity index (χ1v) is 5.19. The molecule has 11 heavy (non-hydrogen) atoms. The molecule has 0 fully saturated rings. The Hall–Kier alpha value is -0.300. The van der Waals surface area contributed by atoms with Crippen LogP contribution in [0.3, 0.4) is 0 Å². The summed E-state index contributed by atoms with van der Waals surface area (Å²) >= 11 is 1.85. The van der Waals surface area contributed by atoms with Crippen molar-refractivity contribution >= 4 is 11.3 Å². The molecule has 64 valence electrons. The Balaban J connectivity index is 0.000000461. The van der Waals surface area contributed by atoms with Crippen LogP contribution in [0.1, 0.15) is 32.6 Å². The van der Waals surface area contributed by atoms with Gasteiger partial charge in [-0.1, -0.05) is 33.8 Å². The summed E-state index contributed by atoms with van der Waals surface area (Å²) in [4.78, 5) is 1.50. The first-order valence-electron chi connectivity index (χ1n) is 4.31. The van der Waals surface area contributed by atoms with Crippen molar-refractivity contribution in [2.75, 3.05) is 0 Å². The monoisotopic (exact) mass is 170 g/mol. The molecule has 0 unspecified atom stereocenters. The molecule has 0 saturated carbocycles. The van der Waals surface area contributed by atoms with Crippen LogP contribution in [-0.4, -0.2) is 0 Å². The van der Waals surface area contributed by atoms with Crippen LogP contribution in [0.2, 0.25) is 0 Å². The first-order chi connectivity index (χ1) is 5.29. The van der Waals surface area contributed by atoms with E-state index in [1.807, 2.05) is 25.2 Å². The Bertz CT molecular complexity index is 151. The van der Waals surface area contributed by atoms with Crippen LogP contribution in [0.5, 0.6) is 0 Å². The van der Waals surface area contributed by atoms with E-state index in [1.165, 1.54) is 11.3 Å². The van der Waals surface area contributed by atoms with E-state index in [-0.39, 0.29) is 0 Å². The summed E-state index contributed by atoms with van der Waals surface area (Å²) < 4.78 is 0. The lowest BCUT2D eigenvalue weighted by Gasteiger charge is -1.98. The molecule has 0 N–H and O–H groups in total. The highest BCUT2D eigenvalue weighted by molar-refractivity contribution is 7.09. The highest BCUT2D eigenvalue weighted by Crippen LogP contribution is 2.13. The van der Waals surface area contributed by atoms with Crippen molar-refractivity contribution in [2.24, 2.45) is 5.92 Å². The molecular formula is C10H18S. The van der Waals surface area contributed by atoms with E-state index in [9.17, 15) is 0 Å². The third-order valence-corrected chi connectivity index (χ3v) is 2.09. The molecule has 0 aliphatic carbocycles. The molecule has 1 heterocycles. The minimum atomic E-state index is 0.795. The number of hydrogen-bond donors (Lipinski definition) is 0. The lowest BCUT2D eigenvalue weighted by atomic mass is 10.1. The molecule has 0 bridgehead atoms. The summed E-state index contributed by atoms with van der Waals surface area (Å²) in [7, 11) is 0. The Morgan fingerprint density at radius 3 is 2.36 bits per heavy atom. The molecule has 1 aromatic heterocycles. The normalized spacial score (nSPS) is 9.18. The van der Waals surface area contributed by atoms with Gasteiger partial charge in [0.15, 0.2) is 0 Å². The molecule has 0 radical (unpaired) electrons. The molecule has 0 aliphatic rings. The zero-order valence-electron chi connectivity index (χ0n) is 7.92. The number of hydrogen-bond acceptors (Lipinski definition) is 1. The van der Waals surface area contributed by atoms with Crippen LogP contribution < -0.4 is 0 Å². The molecule has 0 atom stereocenters. The summed E-state index contributed by atoms with van der Waals surface area (Å²) in [5.74, 6) is 0.795. The molecule has 1 rings (SSSR count). The van der Waals surface area contributed by atoms with Crippen molar-refractivity contribution in [3.8, 4) is 0 Å². The van der Waals surface area contributed by atoms with Crippen LogP contribution in [0.15, 0.2) is 17.5 Å². The maximum Gasteiger partial charge on any atom is 0.00477 e. The van der Waals surface area contributed by atoms with Gasteiger partial charge in [-0.2, -0.15) is 0 Å². The third-order valence-electron chi connectivity index (χ3n) is 1.19. The van der Waals surface area contributed by atoms with Crippen molar-refractivity contribution in [3.63, 3.8) is 0 Å². The van der Waals surface area contributed by atoms with E-state index in [1.54, 1.807) is 0 Å². The Morgan fingerprint density at radius 2 is 2.00 bits per heavy atom. The van der Waals surface area contributed by atoms with E-state index < -0.39 is 0 Å². The maximum atomic E-state index is 2.25. The van der Waals surface area contributed by atoms with E-state index in [2.05, 4.69) is 31.4 Å². The second kappa shape index (κ2) is 6.41. The van der Waals surface area contributed by atoms with Crippen molar-refractivity contribution in [3.05, 3.63) is 22.4 Å². The zero-order chi connectivity index (χ0) is 8.69. The minimum Gasteiger partial charge on any atom is -0.149 e. The van der Waals surface area contributed by atoms with Crippen molar-refractivity contribution in [1.29, 1.82) is 0 Å². The molecule has 0 aliphatic heterocycles. The smallest absolute Gasteiger partial charge is 0.00477 e. The molecule has 0 spiro atoms. The molecule has 0 amide bonds. The SMILES string of the molecule is CC.CC(C)Cc1cccs1.